The Bertz CT molecular complexity index is 287. The molecule has 1 aliphatic rings. The molecule has 0 atom stereocenters. The zero-order valence-electron chi connectivity index (χ0n) is 7.53. The second kappa shape index (κ2) is 3.34. The van der Waals surface area contributed by atoms with Crippen LogP contribution in [0.15, 0.2) is 29.0 Å². The largest absolute Gasteiger partial charge is 0.273 e. The summed E-state index contributed by atoms with van der Waals surface area (Å²) in [6.07, 6.45) is 5.62. The van der Waals surface area contributed by atoms with Crippen molar-refractivity contribution in [3.63, 3.8) is 0 Å². The molecule has 0 aromatic rings. The first-order valence-corrected chi connectivity index (χ1v) is 3.82. The van der Waals surface area contributed by atoms with Crippen LogP contribution < -0.4 is 0 Å². The summed E-state index contributed by atoms with van der Waals surface area (Å²) in [6.45, 7) is 5.21. The molecule has 0 N–H and O–H groups in total. The van der Waals surface area contributed by atoms with Gasteiger partial charge in [-0.05, 0) is 26.0 Å². The van der Waals surface area contributed by atoms with Gasteiger partial charge in [-0.15, -0.1) is 0 Å². The monoisotopic (exact) mass is 164 g/mol. The number of nitrogens with zero attached hydrogens (tertiary/aromatic N) is 2. The number of carbonyl (C=O) groups excluding carboxylic acids is 1. The molecule has 0 saturated heterocycles. The highest BCUT2D eigenvalue weighted by Crippen LogP contribution is 2.08. The maximum absolute atomic E-state index is 11.1. The van der Waals surface area contributed by atoms with Gasteiger partial charge in [-0.1, -0.05) is 6.08 Å². The third-order valence-electron chi connectivity index (χ3n) is 1.56. The Morgan fingerprint density at radius 3 is 2.75 bits per heavy atom. The molecule has 0 spiro atoms. The summed E-state index contributed by atoms with van der Waals surface area (Å²) in [6, 6.07) is 0. The highest BCUT2D eigenvalue weighted by molar-refractivity contribution is 5.94. The SMILES string of the molecule is CC(=O)N1N=C(C)C=CC=C1C. The van der Waals surface area contributed by atoms with Gasteiger partial charge < -0.3 is 0 Å². The lowest BCUT2D eigenvalue weighted by molar-refractivity contribution is -0.126. The number of hydrazone groups is 1. The Kier molecular flexibility index (Phi) is 2.43. The molecular weight excluding hydrogens is 152 g/mol. The smallest absolute Gasteiger partial charge is 0.243 e. The maximum Gasteiger partial charge on any atom is 0.243 e. The molecule has 0 saturated carbocycles. The Morgan fingerprint density at radius 2 is 2.17 bits per heavy atom. The molecule has 0 fully saturated rings. The first kappa shape index (κ1) is 8.71. The maximum atomic E-state index is 11.1. The van der Waals surface area contributed by atoms with E-state index in [1.807, 2.05) is 32.1 Å². The predicted octanol–water partition coefficient (Wildman–Crippen LogP) is 1.68. The van der Waals surface area contributed by atoms with Crippen molar-refractivity contribution in [2.75, 3.05) is 0 Å². The second-order valence-electron chi connectivity index (χ2n) is 2.74. The highest BCUT2D eigenvalue weighted by Gasteiger charge is 2.09. The first-order valence-electron chi connectivity index (χ1n) is 3.82. The number of rotatable bonds is 0. The second-order valence-corrected chi connectivity index (χ2v) is 2.74. The average molecular weight is 164 g/mol. The van der Waals surface area contributed by atoms with E-state index in [-0.39, 0.29) is 5.91 Å². The highest BCUT2D eigenvalue weighted by atomic mass is 16.2. The predicted molar refractivity (Wildman–Crippen MR) is 48.5 cm³/mol. The van der Waals surface area contributed by atoms with E-state index in [0.717, 1.165) is 11.4 Å². The van der Waals surface area contributed by atoms with Crippen molar-refractivity contribution in [2.24, 2.45) is 5.10 Å². The van der Waals surface area contributed by atoms with Gasteiger partial charge in [-0.25, -0.2) is 5.01 Å². The normalized spacial score (nSPS) is 16.8. The van der Waals surface area contributed by atoms with Crippen LogP contribution in [0.1, 0.15) is 20.8 Å². The van der Waals surface area contributed by atoms with E-state index >= 15 is 0 Å². The van der Waals surface area contributed by atoms with Crippen LogP contribution in [-0.4, -0.2) is 16.6 Å². The van der Waals surface area contributed by atoms with Gasteiger partial charge in [0.15, 0.2) is 0 Å². The van der Waals surface area contributed by atoms with Crippen molar-refractivity contribution in [3.8, 4) is 0 Å². The van der Waals surface area contributed by atoms with Crippen molar-refractivity contribution < 1.29 is 4.79 Å². The van der Waals surface area contributed by atoms with Crippen molar-refractivity contribution in [1.82, 2.24) is 5.01 Å². The van der Waals surface area contributed by atoms with Gasteiger partial charge in [0.05, 0.1) is 5.71 Å². The fraction of sp³-hybridized carbons (Fsp3) is 0.333. The minimum Gasteiger partial charge on any atom is -0.273 e. The minimum atomic E-state index is -0.0631. The Hall–Kier alpha value is -1.38. The molecule has 0 radical (unpaired) electrons. The number of amides is 1. The van der Waals surface area contributed by atoms with Gasteiger partial charge in [0, 0.05) is 12.6 Å². The molecule has 0 aliphatic carbocycles. The van der Waals surface area contributed by atoms with E-state index in [0.29, 0.717) is 0 Å². The van der Waals surface area contributed by atoms with Crippen molar-refractivity contribution in [3.05, 3.63) is 23.9 Å². The van der Waals surface area contributed by atoms with Gasteiger partial charge in [0.2, 0.25) is 5.91 Å². The van der Waals surface area contributed by atoms with Crippen LogP contribution in [0.25, 0.3) is 0 Å². The zero-order valence-corrected chi connectivity index (χ0v) is 7.53. The Labute approximate surface area is 72.1 Å². The molecule has 0 aromatic carbocycles. The van der Waals surface area contributed by atoms with Gasteiger partial charge in [0.1, 0.15) is 0 Å². The average Bonchev–Trinajstić information content (AvgIpc) is 2.13. The van der Waals surface area contributed by atoms with E-state index < -0.39 is 0 Å². The molecule has 12 heavy (non-hydrogen) atoms. The summed E-state index contributed by atoms with van der Waals surface area (Å²) < 4.78 is 0. The number of allylic oxidation sites excluding steroid dienone is 4. The third kappa shape index (κ3) is 1.81. The summed E-state index contributed by atoms with van der Waals surface area (Å²) in [5, 5.41) is 5.50. The summed E-state index contributed by atoms with van der Waals surface area (Å²) in [4.78, 5) is 11.1. The zero-order chi connectivity index (χ0) is 9.14. The lowest BCUT2D eigenvalue weighted by atomic mass is 10.3. The van der Waals surface area contributed by atoms with Crippen LogP contribution in [0.3, 0.4) is 0 Å². The Balaban J connectivity index is 2.99. The first-order chi connectivity index (χ1) is 5.61. The van der Waals surface area contributed by atoms with Crippen LogP contribution >= 0.6 is 0 Å². The van der Waals surface area contributed by atoms with Crippen LogP contribution in [0, 0.1) is 0 Å². The quantitative estimate of drug-likeness (QED) is 0.536. The standard InChI is InChI=1S/C9H12N2O/c1-7-5-4-6-8(2)11(10-7)9(3)12/h4-6H,1-3H3. The van der Waals surface area contributed by atoms with E-state index in [9.17, 15) is 4.79 Å². The van der Waals surface area contributed by atoms with Crippen molar-refractivity contribution in [1.29, 1.82) is 0 Å². The molecule has 0 aromatic heterocycles. The molecule has 1 heterocycles. The molecule has 1 amide bonds. The topological polar surface area (TPSA) is 32.7 Å². The summed E-state index contributed by atoms with van der Waals surface area (Å²) in [5.41, 5.74) is 1.67. The van der Waals surface area contributed by atoms with Gasteiger partial charge >= 0.3 is 0 Å². The van der Waals surface area contributed by atoms with Crippen molar-refractivity contribution in [2.45, 2.75) is 20.8 Å². The molecule has 64 valence electrons. The summed E-state index contributed by atoms with van der Waals surface area (Å²) >= 11 is 0. The van der Waals surface area contributed by atoms with E-state index in [1.54, 1.807) is 0 Å². The van der Waals surface area contributed by atoms with E-state index in [2.05, 4.69) is 5.10 Å². The summed E-state index contributed by atoms with van der Waals surface area (Å²) in [7, 11) is 0. The Morgan fingerprint density at radius 1 is 1.50 bits per heavy atom. The van der Waals surface area contributed by atoms with E-state index in [4.69, 9.17) is 0 Å². The van der Waals surface area contributed by atoms with E-state index in [1.165, 1.54) is 11.9 Å². The third-order valence-corrected chi connectivity index (χ3v) is 1.56. The number of hydrogen-bond donors (Lipinski definition) is 0. The van der Waals surface area contributed by atoms with Gasteiger partial charge in [-0.3, -0.25) is 4.79 Å². The number of hydrogen-bond acceptors (Lipinski definition) is 2. The fourth-order valence-electron chi connectivity index (χ4n) is 0.986. The minimum absolute atomic E-state index is 0.0631. The van der Waals surface area contributed by atoms with Gasteiger partial charge in [0.25, 0.3) is 0 Å². The van der Waals surface area contributed by atoms with Crippen LogP contribution in [0.2, 0.25) is 0 Å². The lowest BCUT2D eigenvalue weighted by Crippen LogP contribution is -2.21. The van der Waals surface area contributed by atoms with Crippen LogP contribution in [0.4, 0.5) is 0 Å². The van der Waals surface area contributed by atoms with Crippen LogP contribution in [-0.2, 0) is 4.79 Å². The molecule has 1 rings (SSSR count). The molecule has 0 unspecified atom stereocenters. The molecule has 1 aliphatic heterocycles. The summed E-state index contributed by atoms with van der Waals surface area (Å²) in [5.74, 6) is -0.0631. The molecule has 0 bridgehead atoms. The molecule has 3 heteroatoms. The molecule has 3 nitrogen and oxygen atoms in total. The lowest BCUT2D eigenvalue weighted by Gasteiger charge is -2.14. The molecular formula is C9H12N2O. The van der Waals surface area contributed by atoms with Gasteiger partial charge in [-0.2, -0.15) is 5.10 Å². The van der Waals surface area contributed by atoms with Crippen molar-refractivity contribution >= 4 is 11.6 Å². The van der Waals surface area contributed by atoms with Crippen LogP contribution in [0.5, 0.6) is 0 Å². The number of carbonyl (C=O) groups is 1. The fourth-order valence-corrected chi connectivity index (χ4v) is 0.986.